The highest BCUT2D eigenvalue weighted by molar-refractivity contribution is 9.10. The fourth-order valence-corrected chi connectivity index (χ4v) is 5.58. The molecule has 3 aromatic carbocycles. The zero-order valence-corrected chi connectivity index (χ0v) is 23.3. The lowest BCUT2D eigenvalue weighted by atomic mass is 10.1. The Hall–Kier alpha value is -3.18. The van der Waals surface area contributed by atoms with E-state index >= 15 is 0 Å². The lowest BCUT2D eigenvalue weighted by Gasteiger charge is -2.32. The number of ether oxygens (including phenoxy) is 1. The predicted molar refractivity (Wildman–Crippen MR) is 154 cm³/mol. The number of carbonyl (C=O) groups excluding carboxylic acids is 2. The Kier molecular flexibility index (Phi) is 9.57. The SMILES string of the molecule is C[C@H](NC(=O)CC(=O)Nc1ccc(C(=N)N)cc1)c1ccc(SN2CCOC(c3ccccc3)C2)c(Br)c1. The van der Waals surface area contributed by atoms with Crippen molar-refractivity contribution in [2.75, 3.05) is 25.0 Å². The number of morpholine rings is 1. The highest BCUT2D eigenvalue weighted by atomic mass is 79.9. The molecule has 0 aliphatic carbocycles. The van der Waals surface area contributed by atoms with Crippen LogP contribution in [-0.2, 0) is 14.3 Å². The number of anilines is 1. The summed E-state index contributed by atoms with van der Waals surface area (Å²) in [6.45, 7) is 4.18. The van der Waals surface area contributed by atoms with E-state index in [4.69, 9.17) is 15.9 Å². The molecule has 1 heterocycles. The average Bonchev–Trinajstić information content (AvgIpc) is 2.90. The molecule has 10 heteroatoms. The van der Waals surface area contributed by atoms with Gasteiger partial charge in [0.25, 0.3) is 0 Å². The van der Waals surface area contributed by atoms with Gasteiger partial charge in [-0.1, -0.05) is 36.4 Å². The Balaban J connectivity index is 1.28. The Labute approximate surface area is 235 Å². The van der Waals surface area contributed by atoms with Gasteiger partial charge in [0.1, 0.15) is 12.3 Å². The van der Waals surface area contributed by atoms with Gasteiger partial charge >= 0.3 is 0 Å². The number of amidine groups is 1. The number of amides is 2. The van der Waals surface area contributed by atoms with Crippen LogP contribution in [0.5, 0.6) is 0 Å². The Morgan fingerprint density at radius 2 is 1.87 bits per heavy atom. The summed E-state index contributed by atoms with van der Waals surface area (Å²) in [7, 11) is 0. The molecule has 198 valence electrons. The second-order valence-electron chi connectivity index (χ2n) is 8.94. The van der Waals surface area contributed by atoms with Crippen molar-refractivity contribution in [1.29, 1.82) is 5.41 Å². The molecular weight excluding hydrogens is 566 g/mol. The topological polar surface area (TPSA) is 121 Å². The molecule has 0 saturated carbocycles. The standard InChI is InChI=1S/C28H30BrN5O3S/c1-18(32-26(35)16-27(36)33-22-10-7-20(8-11-22)28(30)31)21-9-12-25(23(29)15-21)38-34-13-14-37-24(17-34)19-5-3-2-4-6-19/h2-12,15,18,24H,13-14,16-17H2,1H3,(H3,30,31)(H,32,35)(H,33,36)/t18-,24?/m0/s1. The number of nitrogens with one attached hydrogen (secondary N) is 3. The molecule has 8 nitrogen and oxygen atoms in total. The summed E-state index contributed by atoms with van der Waals surface area (Å²) in [5.74, 6) is -0.838. The number of carbonyl (C=O) groups is 2. The molecule has 0 aromatic heterocycles. The second-order valence-corrected chi connectivity index (χ2v) is 10.9. The smallest absolute Gasteiger partial charge is 0.233 e. The number of nitrogen functional groups attached to an aromatic ring is 1. The van der Waals surface area contributed by atoms with E-state index in [1.54, 1.807) is 36.2 Å². The molecule has 0 bridgehead atoms. The lowest BCUT2D eigenvalue weighted by molar-refractivity contribution is -0.127. The number of benzene rings is 3. The van der Waals surface area contributed by atoms with Gasteiger partial charge in [-0.15, -0.1) is 0 Å². The number of hydrogen-bond acceptors (Lipinski definition) is 6. The monoisotopic (exact) mass is 595 g/mol. The van der Waals surface area contributed by atoms with Crippen LogP contribution >= 0.6 is 27.9 Å². The van der Waals surface area contributed by atoms with Crippen molar-refractivity contribution in [2.24, 2.45) is 5.73 Å². The zero-order valence-electron chi connectivity index (χ0n) is 20.9. The molecule has 3 aromatic rings. The molecule has 1 fully saturated rings. The molecule has 1 aliphatic heterocycles. The maximum Gasteiger partial charge on any atom is 0.233 e. The van der Waals surface area contributed by atoms with Gasteiger partial charge in [-0.2, -0.15) is 0 Å². The van der Waals surface area contributed by atoms with E-state index in [9.17, 15) is 9.59 Å². The van der Waals surface area contributed by atoms with Gasteiger partial charge in [0, 0.05) is 33.7 Å². The van der Waals surface area contributed by atoms with Crippen LogP contribution in [0.1, 0.15) is 42.2 Å². The summed E-state index contributed by atoms with van der Waals surface area (Å²) in [4.78, 5) is 25.9. The molecule has 0 radical (unpaired) electrons. The van der Waals surface area contributed by atoms with Crippen LogP contribution in [0.15, 0.2) is 82.2 Å². The third-order valence-corrected chi connectivity index (χ3v) is 8.12. The maximum absolute atomic E-state index is 12.5. The van der Waals surface area contributed by atoms with Crippen molar-refractivity contribution in [3.63, 3.8) is 0 Å². The van der Waals surface area contributed by atoms with Gasteiger partial charge in [-0.05, 0) is 82.3 Å². The Morgan fingerprint density at radius 1 is 1.13 bits per heavy atom. The first-order chi connectivity index (χ1) is 18.3. The lowest BCUT2D eigenvalue weighted by Crippen LogP contribution is -2.33. The number of rotatable bonds is 9. The van der Waals surface area contributed by atoms with E-state index in [2.05, 4.69) is 43.0 Å². The van der Waals surface area contributed by atoms with E-state index < -0.39 is 5.91 Å². The molecular formula is C28H30BrN5O3S. The summed E-state index contributed by atoms with van der Waals surface area (Å²) >= 11 is 5.37. The predicted octanol–water partition coefficient (Wildman–Crippen LogP) is 5.02. The first-order valence-electron chi connectivity index (χ1n) is 12.2. The van der Waals surface area contributed by atoms with Crippen LogP contribution in [0, 0.1) is 5.41 Å². The van der Waals surface area contributed by atoms with Crippen molar-refractivity contribution >= 4 is 51.2 Å². The fraction of sp³-hybridized carbons (Fsp3) is 0.250. The van der Waals surface area contributed by atoms with Gasteiger partial charge in [-0.25, -0.2) is 4.31 Å². The van der Waals surface area contributed by atoms with E-state index in [0.717, 1.165) is 28.0 Å². The first-order valence-corrected chi connectivity index (χ1v) is 13.8. The van der Waals surface area contributed by atoms with Crippen LogP contribution in [0.4, 0.5) is 5.69 Å². The van der Waals surface area contributed by atoms with Crippen LogP contribution < -0.4 is 16.4 Å². The average molecular weight is 597 g/mol. The minimum absolute atomic E-state index is 0.0443. The Bertz CT molecular complexity index is 1290. The first kappa shape index (κ1) is 27.8. The third kappa shape index (κ3) is 7.67. The van der Waals surface area contributed by atoms with E-state index in [1.165, 1.54) is 5.56 Å². The van der Waals surface area contributed by atoms with Crippen LogP contribution in [0.3, 0.4) is 0 Å². The van der Waals surface area contributed by atoms with Gasteiger partial charge in [0.05, 0.1) is 18.8 Å². The van der Waals surface area contributed by atoms with Crippen molar-refractivity contribution in [3.8, 4) is 0 Å². The molecule has 1 aliphatic rings. The number of nitrogens with two attached hydrogens (primary N) is 1. The second kappa shape index (κ2) is 13.1. The summed E-state index contributed by atoms with van der Waals surface area (Å²) < 4.78 is 9.22. The van der Waals surface area contributed by atoms with Crippen LogP contribution in [0.2, 0.25) is 0 Å². The van der Waals surface area contributed by atoms with Crippen molar-refractivity contribution in [1.82, 2.24) is 9.62 Å². The van der Waals surface area contributed by atoms with Gasteiger partial charge in [-0.3, -0.25) is 15.0 Å². The van der Waals surface area contributed by atoms with Crippen LogP contribution in [0.25, 0.3) is 0 Å². The van der Waals surface area contributed by atoms with Gasteiger partial charge in [0.15, 0.2) is 0 Å². The Morgan fingerprint density at radius 3 is 2.55 bits per heavy atom. The molecule has 1 unspecified atom stereocenters. The van der Waals surface area contributed by atoms with E-state index in [0.29, 0.717) is 17.9 Å². The molecule has 1 saturated heterocycles. The van der Waals surface area contributed by atoms with Gasteiger partial charge < -0.3 is 21.1 Å². The minimum Gasteiger partial charge on any atom is -0.384 e. The molecule has 0 spiro atoms. The van der Waals surface area contributed by atoms with Crippen LogP contribution in [-0.4, -0.2) is 41.7 Å². The molecule has 4 rings (SSSR count). The zero-order chi connectivity index (χ0) is 27.1. The van der Waals surface area contributed by atoms with Gasteiger partial charge in [0.2, 0.25) is 11.8 Å². The maximum atomic E-state index is 12.5. The van der Waals surface area contributed by atoms with E-state index in [-0.39, 0.29) is 30.3 Å². The van der Waals surface area contributed by atoms with Crippen molar-refractivity contribution < 1.29 is 14.3 Å². The molecule has 5 N–H and O–H groups in total. The molecule has 2 amide bonds. The molecule has 2 atom stereocenters. The number of halogens is 1. The summed E-state index contributed by atoms with van der Waals surface area (Å²) in [6, 6.07) is 22.6. The fourth-order valence-electron chi connectivity index (χ4n) is 4.04. The highest BCUT2D eigenvalue weighted by Crippen LogP contribution is 2.35. The normalized spacial score (nSPS) is 16.4. The number of hydrogen-bond donors (Lipinski definition) is 4. The van der Waals surface area contributed by atoms with Crippen molar-refractivity contribution in [2.45, 2.75) is 30.4 Å². The largest absolute Gasteiger partial charge is 0.384 e. The van der Waals surface area contributed by atoms with E-state index in [1.807, 2.05) is 43.3 Å². The minimum atomic E-state index is -0.419. The number of nitrogens with zero attached hydrogens (tertiary/aromatic N) is 1. The van der Waals surface area contributed by atoms with Crippen molar-refractivity contribution in [3.05, 3.63) is 94.0 Å². The molecule has 38 heavy (non-hydrogen) atoms. The highest BCUT2D eigenvalue weighted by Gasteiger charge is 2.23. The summed E-state index contributed by atoms with van der Waals surface area (Å²) in [5.41, 5.74) is 8.65. The quantitative estimate of drug-likeness (QED) is 0.119. The third-order valence-electron chi connectivity index (χ3n) is 6.06. The summed E-state index contributed by atoms with van der Waals surface area (Å²) in [6.07, 6.45) is -0.254. The summed E-state index contributed by atoms with van der Waals surface area (Å²) in [5, 5.41) is 13.0.